The van der Waals surface area contributed by atoms with E-state index in [9.17, 15) is 9.59 Å². The first kappa shape index (κ1) is 11.3. The van der Waals surface area contributed by atoms with Gasteiger partial charge in [-0.1, -0.05) is 29.0 Å². The summed E-state index contributed by atoms with van der Waals surface area (Å²) in [5.41, 5.74) is 0. The third-order valence-corrected chi connectivity index (χ3v) is 3.83. The van der Waals surface area contributed by atoms with Crippen LogP contribution in [0.15, 0.2) is 12.7 Å². The first-order valence-corrected chi connectivity index (χ1v) is 5.89. The van der Waals surface area contributed by atoms with Gasteiger partial charge in [-0.2, -0.15) is 0 Å². The average Bonchev–Trinajstić information content (AvgIpc) is 2.81. The minimum Gasteiger partial charge on any atom is -0.297 e. The number of carbonyl (C=O) groups is 2. The number of anilines is 1. The van der Waals surface area contributed by atoms with E-state index in [0.717, 1.165) is 11.3 Å². The highest BCUT2D eigenvalue weighted by molar-refractivity contribution is 7.17. The fourth-order valence-corrected chi connectivity index (χ4v) is 2.66. The number of rotatable bonds is 3. The molecule has 0 aromatic carbocycles. The standard InChI is InChI=1S/C10H9ClN2O2S/c1-2-6-3-8(15)13(4-6)10-12-9(11)7(5-14)16-10/h2,5-6H,1,3-4H2. The van der Waals surface area contributed by atoms with Gasteiger partial charge in [0.05, 0.1) is 0 Å². The van der Waals surface area contributed by atoms with Gasteiger partial charge < -0.3 is 0 Å². The second-order valence-electron chi connectivity index (χ2n) is 3.47. The molecule has 2 heterocycles. The highest BCUT2D eigenvalue weighted by Gasteiger charge is 2.31. The minimum atomic E-state index is -0.00670. The summed E-state index contributed by atoms with van der Waals surface area (Å²) >= 11 is 6.88. The lowest BCUT2D eigenvalue weighted by molar-refractivity contribution is -0.117. The van der Waals surface area contributed by atoms with Crippen LogP contribution in [-0.4, -0.2) is 23.7 Å². The van der Waals surface area contributed by atoms with Crippen molar-refractivity contribution in [3.63, 3.8) is 0 Å². The summed E-state index contributed by atoms with van der Waals surface area (Å²) in [6, 6.07) is 0. The maximum atomic E-state index is 11.7. The minimum absolute atomic E-state index is 0.00670. The predicted molar refractivity (Wildman–Crippen MR) is 63.2 cm³/mol. The molecule has 84 valence electrons. The van der Waals surface area contributed by atoms with E-state index < -0.39 is 0 Å². The van der Waals surface area contributed by atoms with Crippen molar-refractivity contribution in [2.24, 2.45) is 5.92 Å². The lowest BCUT2D eigenvalue weighted by Crippen LogP contribution is -2.24. The van der Waals surface area contributed by atoms with Crippen molar-refractivity contribution in [1.29, 1.82) is 0 Å². The average molecular weight is 257 g/mol. The van der Waals surface area contributed by atoms with Crippen LogP contribution in [0.1, 0.15) is 16.1 Å². The molecule has 1 unspecified atom stereocenters. The normalized spacial score (nSPS) is 20.2. The number of aromatic nitrogens is 1. The molecular formula is C10H9ClN2O2S. The molecule has 4 nitrogen and oxygen atoms in total. The van der Waals surface area contributed by atoms with Crippen LogP contribution in [0.5, 0.6) is 0 Å². The van der Waals surface area contributed by atoms with Crippen LogP contribution in [0.25, 0.3) is 0 Å². The molecule has 0 spiro atoms. The summed E-state index contributed by atoms with van der Waals surface area (Å²) in [7, 11) is 0. The molecule has 0 radical (unpaired) electrons. The SMILES string of the molecule is C=CC1CC(=O)N(c2nc(Cl)c(C=O)s2)C1. The monoisotopic (exact) mass is 256 g/mol. The third kappa shape index (κ3) is 1.88. The summed E-state index contributed by atoms with van der Waals surface area (Å²) in [5.74, 6) is 0.141. The maximum absolute atomic E-state index is 11.7. The Bertz CT molecular complexity index is 458. The Morgan fingerprint density at radius 1 is 1.62 bits per heavy atom. The maximum Gasteiger partial charge on any atom is 0.229 e. The van der Waals surface area contributed by atoms with Crippen molar-refractivity contribution in [2.75, 3.05) is 11.4 Å². The van der Waals surface area contributed by atoms with E-state index in [2.05, 4.69) is 11.6 Å². The van der Waals surface area contributed by atoms with E-state index in [1.54, 1.807) is 11.0 Å². The first-order valence-electron chi connectivity index (χ1n) is 4.70. The second kappa shape index (κ2) is 4.35. The van der Waals surface area contributed by atoms with E-state index in [-0.39, 0.29) is 17.0 Å². The van der Waals surface area contributed by atoms with Crippen LogP contribution in [-0.2, 0) is 4.79 Å². The zero-order valence-corrected chi connectivity index (χ0v) is 9.92. The van der Waals surface area contributed by atoms with Crippen LogP contribution >= 0.6 is 22.9 Å². The van der Waals surface area contributed by atoms with Gasteiger partial charge in [-0.3, -0.25) is 14.5 Å². The third-order valence-electron chi connectivity index (χ3n) is 2.42. The molecule has 6 heteroatoms. The second-order valence-corrected chi connectivity index (χ2v) is 4.84. The molecule has 1 amide bonds. The summed E-state index contributed by atoms with van der Waals surface area (Å²) in [6.45, 7) is 4.23. The molecule has 1 aromatic rings. The Labute approximate surface area is 102 Å². The molecule has 0 aliphatic carbocycles. The Morgan fingerprint density at radius 2 is 2.38 bits per heavy atom. The molecule has 1 saturated heterocycles. The molecule has 0 saturated carbocycles. The lowest BCUT2D eigenvalue weighted by atomic mass is 10.1. The highest BCUT2D eigenvalue weighted by atomic mass is 35.5. The van der Waals surface area contributed by atoms with Crippen LogP contribution in [0.2, 0.25) is 5.15 Å². The number of halogens is 1. The number of amides is 1. The number of hydrogen-bond acceptors (Lipinski definition) is 4. The molecule has 1 aliphatic heterocycles. The van der Waals surface area contributed by atoms with Gasteiger partial charge in [-0.15, -0.1) is 6.58 Å². The number of carbonyl (C=O) groups excluding carboxylic acids is 2. The van der Waals surface area contributed by atoms with E-state index >= 15 is 0 Å². The number of thiazole rings is 1. The molecule has 2 rings (SSSR count). The Morgan fingerprint density at radius 3 is 2.88 bits per heavy atom. The largest absolute Gasteiger partial charge is 0.297 e. The van der Waals surface area contributed by atoms with Crippen LogP contribution < -0.4 is 4.90 Å². The van der Waals surface area contributed by atoms with Gasteiger partial charge in [0.2, 0.25) is 5.91 Å². The van der Waals surface area contributed by atoms with Gasteiger partial charge in [-0.25, -0.2) is 4.98 Å². The lowest BCUT2D eigenvalue weighted by Gasteiger charge is -2.11. The molecule has 16 heavy (non-hydrogen) atoms. The Kier molecular flexibility index (Phi) is 3.07. The zero-order chi connectivity index (χ0) is 11.7. The zero-order valence-electron chi connectivity index (χ0n) is 8.35. The summed E-state index contributed by atoms with van der Waals surface area (Å²) in [6.07, 6.45) is 2.85. The van der Waals surface area contributed by atoms with Crippen molar-refractivity contribution < 1.29 is 9.59 Å². The van der Waals surface area contributed by atoms with Gasteiger partial charge in [0.25, 0.3) is 0 Å². The molecular weight excluding hydrogens is 248 g/mol. The van der Waals surface area contributed by atoms with Crippen LogP contribution in [0.3, 0.4) is 0 Å². The summed E-state index contributed by atoms with van der Waals surface area (Å²) in [5, 5.41) is 0.645. The quantitative estimate of drug-likeness (QED) is 0.615. The van der Waals surface area contributed by atoms with E-state index in [0.29, 0.717) is 29.3 Å². The summed E-state index contributed by atoms with van der Waals surface area (Å²) < 4.78 is 0. The molecule has 0 N–H and O–H groups in total. The number of aldehydes is 1. The van der Waals surface area contributed by atoms with Gasteiger partial charge in [0.15, 0.2) is 16.6 Å². The van der Waals surface area contributed by atoms with Crippen molar-refractivity contribution in [3.05, 3.63) is 22.7 Å². The molecule has 1 aromatic heterocycles. The van der Waals surface area contributed by atoms with Crippen molar-refractivity contribution in [1.82, 2.24) is 4.98 Å². The summed E-state index contributed by atoms with van der Waals surface area (Å²) in [4.78, 5) is 28.2. The highest BCUT2D eigenvalue weighted by Crippen LogP contribution is 2.32. The molecule has 1 fully saturated rings. The fraction of sp³-hybridized carbons (Fsp3) is 0.300. The van der Waals surface area contributed by atoms with E-state index in [1.165, 1.54) is 0 Å². The first-order chi connectivity index (χ1) is 7.65. The van der Waals surface area contributed by atoms with Gasteiger partial charge in [0.1, 0.15) is 4.88 Å². The fourth-order valence-electron chi connectivity index (χ4n) is 1.57. The van der Waals surface area contributed by atoms with Crippen molar-refractivity contribution in [2.45, 2.75) is 6.42 Å². The van der Waals surface area contributed by atoms with Gasteiger partial charge in [-0.05, 0) is 0 Å². The van der Waals surface area contributed by atoms with Crippen LogP contribution in [0.4, 0.5) is 5.13 Å². The van der Waals surface area contributed by atoms with Gasteiger partial charge >= 0.3 is 0 Å². The van der Waals surface area contributed by atoms with Crippen molar-refractivity contribution in [3.8, 4) is 0 Å². The number of nitrogens with zero attached hydrogens (tertiary/aromatic N) is 2. The molecule has 0 bridgehead atoms. The number of hydrogen-bond donors (Lipinski definition) is 0. The topological polar surface area (TPSA) is 50.3 Å². The van der Waals surface area contributed by atoms with Crippen molar-refractivity contribution >= 4 is 40.3 Å². The Balaban J connectivity index is 2.27. The van der Waals surface area contributed by atoms with E-state index in [1.807, 2.05) is 0 Å². The Hall–Kier alpha value is -1.20. The predicted octanol–water partition coefficient (Wildman–Crippen LogP) is 2.15. The molecule has 1 atom stereocenters. The van der Waals surface area contributed by atoms with Gasteiger partial charge in [0, 0.05) is 18.9 Å². The van der Waals surface area contributed by atoms with Crippen LogP contribution in [0, 0.1) is 5.92 Å². The molecule has 1 aliphatic rings. The smallest absolute Gasteiger partial charge is 0.229 e. The van der Waals surface area contributed by atoms with E-state index in [4.69, 9.17) is 11.6 Å².